The molecule has 1 aliphatic rings. The zero-order chi connectivity index (χ0) is 11.5. The van der Waals surface area contributed by atoms with Crippen molar-refractivity contribution in [1.82, 2.24) is 15.0 Å². The highest BCUT2D eigenvalue weighted by Crippen LogP contribution is 2.19. The molecule has 0 bridgehead atoms. The molecule has 0 amide bonds. The average molecular weight is 218 g/mol. The Hall–Kier alpha value is -2.11. The molecule has 0 spiro atoms. The van der Waals surface area contributed by atoms with E-state index >= 15 is 0 Å². The van der Waals surface area contributed by atoms with Gasteiger partial charge in [-0.15, -0.1) is 0 Å². The Morgan fingerprint density at radius 3 is 2.81 bits per heavy atom. The van der Waals surface area contributed by atoms with Gasteiger partial charge in [0, 0.05) is 19.8 Å². The summed E-state index contributed by atoms with van der Waals surface area (Å²) in [5.41, 5.74) is 6.67. The molecule has 84 valence electrons. The Labute approximate surface area is 93.9 Å². The zero-order valence-corrected chi connectivity index (χ0v) is 9.31. The predicted molar refractivity (Wildman–Crippen MR) is 64.0 cm³/mol. The first-order valence-electron chi connectivity index (χ1n) is 5.00. The highest BCUT2D eigenvalue weighted by Gasteiger charge is 2.11. The topological polar surface area (TPSA) is 80.0 Å². The minimum Gasteiger partial charge on any atom is -0.368 e. The van der Waals surface area contributed by atoms with Gasteiger partial charge < -0.3 is 16.0 Å². The van der Waals surface area contributed by atoms with Gasteiger partial charge in [0.15, 0.2) is 0 Å². The predicted octanol–water partition coefficient (Wildman–Crippen LogP) is 0.775. The molecule has 3 N–H and O–H groups in total. The normalized spacial score (nSPS) is 13.8. The van der Waals surface area contributed by atoms with Crippen molar-refractivity contribution in [3.05, 3.63) is 23.9 Å². The third kappa shape index (κ3) is 1.95. The molecule has 1 heterocycles. The van der Waals surface area contributed by atoms with Crippen LogP contribution in [0.2, 0.25) is 0 Å². The second kappa shape index (κ2) is 4.18. The van der Waals surface area contributed by atoms with E-state index in [2.05, 4.69) is 32.4 Å². The van der Waals surface area contributed by atoms with Gasteiger partial charge in [0.05, 0.1) is 0 Å². The number of likely N-dealkylation sites (N-methyl/N-ethyl adjacent to an activating group) is 1. The Bertz CT molecular complexity index is 451. The maximum absolute atomic E-state index is 5.61. The van der Waals surface area contributed by atoms with Gasteiger partial charge in [0.25, 0.3) is 0 Å². The summed E-state index contributed by atoms with van der Waals surface area (Å²) in [4.78, 5) is 14.1. The molecule has 0 unspecified atom stereocenters. The lowest BCUT2D eigenvalue weighted by molar-refractivity contribution is 0.973. The Morgan fingerprint density at radius 1 is 1.38 bits per heavy atom. The molecule has 16 heavy (non-hydrogen) atoms. The van der Waals surface area contributed by atoms with Crippen molar-refractivity contribution in [1.29, 1.82) is 0 Å². The lowest BCUT2D eigenvalue weighted by atomic mass is 10.4. The Kier molecular flexibility index (Phi) is 2.72. The van der Waals surface area contributed by atoms with Crippen LogP contribution in [-0.2, 0) is 0 Å². The third-order valence-electron chi connectivity index (χ3n) is 2.30. The summed E-state index contributed by atoms with van der Waals surface area (Å²) in [5.74, 6) is 1.22. The van der Waals surface area contributed by atoms with E-state index in [0.29, 0.717) is 11.9 Å². The summed E-state index contributed by atoms with van der Waals surface area (Å²) in [6, 6.07) is 0. The van der Waals surface area contributed by atoms with E-state index in [1.54, 1.807) is 7.05 Å². The van der Waals surface area contributed by atoms with Gasteiger partial charge in [-0.1, -0.05) is 12.2 Å². The van der Waals surface area contributed by atoms with E-state index in [4.69, 9.17) is 5.73 Å². The summed E-state index contributed by atoms with van der Waals surface area (Å²) in [5, 5.41) is 2.85. The maximum atomic E-state index is 5.61. The van der Waals surface area contributed by atoms with Crippen molar-refractivity contribution >= 4 is 17.8 Å². The van der Waals surface area contributed by atoms with Crippen molar-refractivity contribution < 1.29 is 0 Å². The van der Waals surface area contributed by atoms with Gasteiger partial charge in [0.2, 0.25) is 17.8 Å². The van der Waals surface area contributed by atoms with Crippen LogP contribution >= 0.6 is 0 Å². The first kappa shape index (κ1) is 10.4. The van der Waals surface area contributed by atoms with Crippen molar-refractivity contribution in [3.63, 3.8) is 0 Å². The van der Waals surface area contributed by atoms with Crippen LogP contribution in [0.15, 0.2) is 23.9 Å². The molecule has 1 aliphatic carbocycles. The minimum absolute atomic E-state index is 0.212. The number of aromatic nitrogens is 3. The van der Waals surface area contributed by atoms with E-state index in [9.17, 15) is 0 Å². The third-order valence-corrected chi connectivity index (χ3v) is 2.30. The highest BCUT2D eigenvalue weighted by atomic mass is 15.3. The average Bonchev–Trinajstić information content (AvgIpc) is 2.80. The van der Waals surface area contributed by atoms with Crippen LogP contribution in [0.5, 0.6) is 0 Å². The van der Waals surface area contributed by atoms with Crippen molar-refractivity contribution in [2.24, 2.45) is 0 Å². The molecule has 0 atom stereocenters. The fraction of sp³-hybridized carbons (Fsp3) is 0.300. The lowest BCUT2D eigenvalue weighted by Gasteiger charge is -2.17. The van der Waals surface area contributed by atoms with Crippen LogP contribution in [0.25, 0.3) is 0 Å². The number of anilines is 3. The fourth-order valence-corrected chi connectivity index (χ4v) is 1.45. The van der Waals surface area contributed by atoms with Crippen molar-refractivity contribution in [2.75, 3.05) is 30.0 Å². The summed E-state index contributed by atoms with van der Waals surface area (Å²) >= 11 is 0. The molecule has 0 fully saturated rings. The largest absolute Gasteiger partial charge is 0.368 e. The standard InChI is InChI=1S/C10H14N6/c1-12-9-13-8(11)14-10(15-9)16(2)7-5-3-4-6-7/h3,5-6H,4H2,1-2H3,(H3,11,12,13,14,15). The van der Waals surface area contributed by atoms with Gasteiger partial charge in [-0.05, 0) is 12.5 Å². The molecule has 0 aromatic carbocycles. The van der Waals surface area contributed by atoms with E-state index in [-0.39, 0.29) is 5.95 Å². The summed E-state index contributed by atoms with van der Waals surface area (Å²) in [7, 11) is 3.64. The van der Waals surface area contributed by atoms with Crippen LogP contribution in [0, 0.1) is 0 Å². The van der Waals surface area contributed by atoms with Crippen molar-refractivity contribution in [3.8, 4) is 0 Å². The SMILES string of the molecule is CNc1nc(N)nc(N(C)C2=CCC=C2)n1. The monoisotopic (exact) mass is 218 g/mol. The summed E-state index contributed by atoms with van der Waals surface area (Å²) < 4.78 is 0. The van der Waals surface area contributed by atoms with Crippen LogP contribution in [0.4, 0.5) is 17.8 Å². The van der Waals surface area contributed by atoms with Gasteiger partial charge in [0.1, 0.15) is 0 Å². The van der Waals surface area contributed by atoms with E-state index < -0.39 is 0 Å². The molecule has 1 aromatic rings. The van der Waals surface area contributed by atoms with Gasteiger partial charge >= 0.3 is 0 Å². The summed E-state index contributed by atoms with van der Waals surface area (Å²) in [6.07, 6.45) is 7.15. The molecule has 0 radical (unpaired) electrons. The zero-order valence-electron chi connectivity index (χ0n) is 9.31. The number of allylic oxidation sites excluding steroid dienone is 3. The second-order valence-electron chi connectivity index (χ2n) is 3.39. The fourth-order valence-electron chi connectivity index (χ4n) is 1.45. The molecular formula is C10H14N6. The lowest BCUT2D eigenvalue weighted by Crippen LogP contribution is -2.19. The molecular weight excluding hydrogens is 204 g/mol. The molecule has 0 saturated heterocycles. The van der Waals surface area contributed by atoms with Crippen LogP contribution in [-0.4, -0.2) is 29.0 Å². The Morgan fingerprint density at radius 2 is 2.19 bits per heavy atom. The summed E-state index contributed by atoms with van der Waals surface area (Å²) in [6.45, 7) is 0. The number of hydrogen-bond donors (Lipinski definition) is 2. The first-order valence-corrected chi connectivity index (χ1v) is 5.00. The van der Waals surface area contributed by atoms with Crippen molar-refractivity contribution in [2.45, 2.75) is 6.42 Å². The molecule has 0 aliphatic heterocycles. The maximum Gasteiger partial charge on any atom is 0.236 e. The molecule has 1 aromatic heterocycles. The Balaban J connectivity index is 2.32. The second-order valence-corrected chi connectivity index (χ2v) is 3.39. The van der Waals surface area contributed by atoms with Crippen LogP contribution in [0.3, 0.4) is 0 Å². The number of nitrogens with one attached hydrogen (secondary N) is 1. The van der Waals surface area contributed by atoms with Crippen LogP contribution < -0.4 is 16.0 Å². The number of nitrogens with two attached hydrogens (primary N) is 1. The highest BCUT2D eigenvalue weighted by molar-refractivity contribution is 5.49. The smallest absolute Gasteiger partial charge is 0.236 e. The molecule has 6 heteroatoms. The van der Waals surface area contributed by atoms with E-state index in [1.165, 1.54) is 0 Å². The quantitative estimate of drug-likeness (QED) is 0.780. The number of hydrogen-bond acceptors (Lipinski definition) is 6. The molecule has 2 rings (SSSR count). The van der Waals surface area contributed by atoms with Gasteiger partial charge in [-0.3, -0.25) is 0 Å². The van der Waals surface area contributed by atoms with E-state index in [0.717, 1.165) is 12.1 Å². The number of nitrogen functional groups attached to an aromatic ring is 1. The minimum atomic E-state index is 0.212. The van der Waals surface area contributed by atoms with Gasteiger partial charge in [-0.25, -0.2) is 0 Å². The van der Waals surface area contributed by atoms with E-state index in [1.807, 2.05) is 18.0 Å². The molecule has 6 nitrogen and oxygen atoms in total. The molecule has 0 saturated carbocycles. The van der Waals surface area contributed by atoms with Crippen LogP contribution in [0.1, 0.15) is 6.42 Å². The van der Waals surface area contributed by atoms with Gasteiger partial charge in [-0.2, -0.15) is 15.0 Å². The number of rotatable bonds is 3. The number of nitrogens with zero attached hydrogens (tertiary/aromatic N) is 4. The first-order chi connectivity index (χ1) is 7.70.